The van der Waals surface area contributed by atoms with Crippen molar-refractivity contribution < 1.29 is 9.59 Å². The third-order valence-electron chi connectivity index (χ3n) is 5.24. The van der Waals surface area contributed by atoms with Crippen LogP contribution >= 0.6 is 0 Å². The van der Waals surface area contributed by atoms with Crippen molar-refractivity contribution in [2.24, 2.45) is 0 Å². The van der Waals surface area contributed by atoms with Crippen molar-refractivity contribution >= 4 is 28.4 Å². The van der Waals surface area contributed by atoms with Gasteiger partial charge >= 0.3 is 0 Å². The zero-order chi connectivity index (χ0) is 19.0. The maximum atomic E-state index is 13.0. The minimum atomic E-state index is -0.0723. The molecule has 0 unspecified atom stereocenters. The van der Waals surface area contributed by atoms with Crippen LogP contribution in [0.3, 0.4) is 0 Å². The van der Waals surface area contributed by atoms with Gasteiger partial charge in [0.2, 0.25) is 11.8 Å². The number of anilines is 1. The topological polar surface area (TPSA) is 54.3 Å². The number of aryl methyl sites for hydroxylation is 1. The maximum Gasteiger partial charge on any atom is 0.242 e. The molecular formula is C22H23N3O2. The quantitative estimate of drug-likeness (QED) is 0.776. The van der Waals surface area contributed by atoms with Gasteiger partial charge in [-0.15, -0.1) is 0 Å². The molecule has 1 N–H and O–H groups in total. The fourth-order valence-electron chi connectivity index (χ4n) is 3.92. The van der Waals surface area contributed by atoms with Crippen molar-refractivity contribution in [3.05, 3.63) is 65.4 Å². The van der Waals surface area contributed by atoms with Crippen molar-refractivity contribution in [2.45, 2.75) is 33.4 Å². The minimum absolute atomic E-state index is 0.0723. The van der Waals surface area contributed by atoms with Gasteiger partial charge in [0.1, 0.15) is 6.54 Å². The van der Waals surface area contributed by atoms with E-state index < -0.39 is 0 Å². The summed E-state index contributed by atoms with van der Waals surface area (Å²) < 4.78 is 2.08. The fourth-order valence-corrected chi connectivity index (χ4v) is 3.92. The lowest BCUT2D eigenvalue weighted by molar-refractivity contribution is -0.132. The lowest BCUT2D eigenvalue weighted by atomic mass is 9.97. The van der Waals surface area contributed by atoms with Crippen LogP contribution in [0.5, 0.6) is 0 Å². The molecule has 0 radical (unpaired) electrons. The van der Waals surface area contributed by atoms with Crippen LogP contribution in [-0.4, -0.2) is 27.8 Å². The number of carbonyl (C=O) groups is 2. The largest absolute Gasteiger partial charge is 0.336 e. The van der Waals surface area contributed by atoms with E-state index in [1.165, 1.54) is 6.92 Å². The molecule has 1 aromatic heterocycles. The lowest BCUT2D eigenvalue weighted by Gasteiger charge is -2.30. The predicted octanol–water partition coefficient (Wildman–Crippen LogP) is 3.49. The molecule has 5 nitrogen and oxygen atoms in total. The molecule has 4 rings (SSSR count). The first kappa shape index (κ1) is 17.3. The highest BCUT2D eigenvalue weighted by molar-refractivity contribution is 5.90. The van der Waals surface area contributed by atoms with Gasteiger partial charge in [-0.3, -0.25) is 9.59 Å². The highest BCUT2D eigenvalue weighted by Crippen LogP contribution is 2.27. The summed E-state index contributed by atoms with van der Waals surface area (Å²) >= 11 is 0. The van der Waals surface area contributed by atoms with Crippen molar-refractivity contribution in [1.82, 2.24) is 9.47 Å². The lowest BCUT2D eigenvalue weighted by Crippen LogP contribution is -2.38. The van der Waals surface area contributed by atoms with Crippen LogP contribution in [0.1, 0.15) is 23.7 Å². The van der Waals surface area contributed by atoms with Gasteiger partial charge in [-0.05, 0) is 48.1 Å². The van der Waals surface area contributed by atoms with E-state index in [4.69, 9.17) is 0 Å². The molecule has 0 aliphatic carbocycles. The number of para-hydroxylation sites is 1. The van der Waals surface area contributed by atoms with Gasteiger partial charge < -0.3 is 14.8 Å². The number of benzene rings is 2. The van der Waals surface area contributed by atoms with Gasteiger partial charge in [0.15, 0.2) is 0 Å². The Kier molecular flexibility index (Phi) is 4.44. The SMILES string of the molecule is CC(=O)Nc1cccc2c1CCN(C(=O)Cn1c(C)cc3ccccc31)C2. The normalized spacial score (nSPS) is 13.5. The number of aromatic nitrogens is 1. The number of rotatable bonds is 3. The Morgan fingerprint density at radius 2 is 1.93 bits per heavy atom. The first-order chi connectivity index (χ1) is 13.0. The number of nitrogens with zero attached hydrogens (tertiary/aromatic N) is 2. The molecule has 0 bridgehead atoms. The molecule has 0 fully saturated rings. The molecule has 3 aromatic rings. The van der Waals surface area contributed by atoms with Crippen molar-refractivity contribution in [1.29, 1.82) is 0 Å². The molecule has 138 valence electrons. The Balaban J connectivity index is 1.54. The second-order valence-electron chi connectivity index (χ2n) is 7.12. The van der Waals surface area contributed by atoms with E-state index in [0.29, 0.717) is 19.6 Å². The average Bonchev–Trinajstić information content (AvgIpc) is 2.96. The summed E-state index contributed by atoms with van der Waals surface area (Å²) in [5.74, 6) is 0.0481. The minimum Gasteiger partial charge on any atom is -0.336 e. The molecule has 0 atom stereocenters. The number of amides is 2. The summed E-state index contributed by atoms with van der Waals surface area (Å²) in [6, 6.07) is 16.2. The Hall–Kier alpha value is -3.08. The molecule has 1 aliphatic heterocycles. The van der Waals surface area contributed by atoms with Crippen molar-refractivity contribution in [3.8, 4) is 0 Å². The van der Waals surface area contributed by atoms with Gasteiger partial charge in [0.25, 0.3) is 0 Å². The Bertz CT molecular complexity index is 1040. The van der Waals surface area contributed by atoms with E-state index in [0.717, 1.165) is 39.8 Å². The second kappa shape index (κ2) is 6.91. The molecule has 0 saturated carbocycles. The summed E-state index contributed by atoms with van der Waals surface area (Å²) in [5.41, 5.74) is 5.29. The predicted molar refractivity (Wildman–Crippen MR) is 107 cm³/mol. The third kappa shape index (κ3) is 3.33. The molecule has 0 saturated heterocycles. The number of fused-ring (bicyclic) bond motifs is 2. The number of hydrogen-bond acceptors (Lipinski definition) is 2. The van der Waals surface area contributed by atoms with E-state index in [1.54, 1.807) is 0 Å². The highest BCUT2D eigenvalue weighted by Gasteiger charge is 2.23. The molecule has 2 amide bonds. The van der Waals surface area contributed by atoms with E-state index in [1.807, 2.05) is 42.2 Å². The molecule has 0 spiro atoms. The zero-order valence-electron chi connectivity index (χ0n) is 15.7. The summed E-state index contributed by atoms with van der Waals surface area (Å²) in [6.07, 6.45) is 0.753. The standard InChI is InChI=1S/C22H23N3O2/c1-15-12-17-6-3-4-9-21(17)25(15)14-22(27)24-11-10-19-18(13-24)7-5-8-20(19)23-16(2)26/h3-9,12H,10-11,13-14H2,1-2H3,(H,23,26). The van der Waals surface area contributed by atoms with Crippen LogP contribution in [0, 0.1) is 6.92 Å². The Labute approximate surface area is 158 Å². The van der Waals surface area contributed by atoms with Crippen LogP contribution in [0.4, 0.5) is 5.69 Å². The molecule has 1 aliphatic rings. The smallest absolute Gasteiger partial charge is 0.242 e. The Morgan fingerprint density at radius 1 is 1.11 bits per heavy atom. The first-order valence-corrected chi connectivity index (χ1v) is 9.24. The molecular weight excluding hydrogens is 338 g/mol. The molecule has 2 aromatic carbocycles. The van der Waals surface area contributed by atoms with Gasteiger partial charge in [-0.25, -0.2) is 0 Å². The summed E-state index contributed by atoms with van der Waals surface area (Å²) in [4.78, 5) is 26.3. The molecule has 27 heavy (non-hydrogen) atoms. The van der Waals surface area contributed by atoms with Gasteiger partial charge in [-0.2, -0.15) is 0 Å². The Morgan fingerprint density at radius 3 is 2.74 bits per heavy atom. The van der Waals surface area contributed by atoms with E-state index in [-0.39, 0.29) is 11.8 Å². The van der Waals surface area contributed by atoms with Gasteiger partial charge in [0.05, 0.1) is 0 Å². The van der Waals surface area contributed by atoms with Crippen LogP contribution in [0.15, 0.2) is 48.5 Å². The van der Waals surface area contributed by atoms with Crippen LogP contribution in [0.25, 0.3) is 10.9 Å². The van der Waals surface area contributed by atoms with Gasteiger partial charge in [-0.1, -0.05) is 30.3 Å². The second-order valence-corrected chi connectivity index (χ2v) is 7.12. The summed E-state index contributed by atoms with van der Waals surface area (Å²) in [5, 5.41) is 4.05. The summed E-state index contributed by atoms with van der Waals surface area (Å²) in [6.45, 7) is 5.15. The number of hydrogen-bond donors (Lipinski definition) is 1. The molecule has 5 heteroatoms. The molecule has 2 heterocycles. The first-order valence-electron chi connectivity index (χ1n) is 9.24. The van der Waals surface area contributed by atoms with Crippen LogP contribution in [-0.2, 0) is 29.1 Å². The van der Waals surface area contributed by atoms with E-state index in [2.05, 4.69) is 28.1 Å². The number of carbonyl (C=O) groups excluding carboxylic acids is 2. The third-order valence-corrected chi connectivity index (χ3v) is 5.24. The van der Waals surface area contributed by atoms with Gasteiger partial charge in [0, 0.05) is 36.9 Å². The highest BCUT2D eigenvalue weighted by atomic mass is 16.2. The van der Waals surface area contributed by atoms with Crippen LogP contribution in [0.2, 0.25) is 0 Å². The van der Waals surface area contributed by atoms with Crippen LogP contribution < -0.4 is 5.32 Å². The number of nitrogens with one attached hydrogen (secondary N) is 1. The average molecular weight is 361 g/mol. The zero-order valence-corrected chi connectivity index (χ0v) is 15.7. The van der Waals surface area contributed by atoms with E-state index in [9.17, 15) is 9.59 Å². The van der Waals surface area contributed by atoms with Crippen molar-refractivity contribution in [2.75, 3.05) is 11.9 Å². The van der Waals surface area contributed by atoms with Crippen molar-refractivity contribution in [3.63, 3.8) is 0 Å². The maximum absolute atomic E-state index is 13.0. The fraction of sp³-hybridized carbons (Fsp3) is 0.273. The monoisotopic (exact) mass is 361 g/mol. The van der Waals surface area contributed by atoms with E-state index >= 15 is 0 Å². The summed E-state index contributed by atoms with van der Waals surface area (Å²) in [7, 11) is 0.